The molecular formula is C17H26N2. The maximum atomic E-state index is 3.86. The number of benzene rings is 1. The summed E-state index contributed by atoms with van der Waals surface area (Å²) in [4.78, 5) is 2.53. The van der Waals surface area contributed by atoms with E-state index in [9.17, 15) is 0 Å². The van der Waals surface area contributed by atoms with Gasteiger partial charge in [-0.15, -0.1) is 0 Å². The summed E-state index contributed by atoms with van der Waals surface area (Å²) in [5.41, 5.74) is 1.48. The van der Waals surface area contributed by atoms with Crippen LogP contribution in [0.3, 0.4) is 0 Å². The van der Waals surface area contributed by atoms with Crippen molar-refractivity contribution in [2.75, 3.05) is 20.1 Å². The number of hydrogen-bond donors (Lipinski definition) is 1. The highest BCUT2D eigenvalue weighted by Gasteiger charge is 2.32. The molecule has 1 heterocycles. The number of hydrogen-bond acceptors (Lipinski definition) is 2. The highest BCUT2D eigenvalue weighted by molar-refractivity contribution is 5.21. The van der Waals surface area contributed by atoms with Gasteiger partial charge in [0.1, 0.15) is 0 Å². The zero-order chi connectivity index (χ0) is 13.1. The number of nitrogens with one attached hydrogen (secondary N) is 1. The predicted molar refractivity (Wildman–Crippen MR) is 80.2 cm³/mol. The maximum Gasteiger partial charge on any atom is 0.0349 e. The molecule has 0 bridgehead atoms. The Kier molecular flexibility index (Phi) is 4.19. The number of nitrogens with zero attached hydrogens (tertiary/aromatic N) is 1. The average molecular weight is 258 g/mol. The van der Waals surface area contributed by atoms with Crippen molar-refractivity contribution in [3.05, 3.63) is 35.9 Å². The van der Waals surface area contributed by atoms with Gasteiger partial charge >= 0.3 is 0 Å². The second-order valence-corrected chi connectivity index (χ2v) is 6.26. The summed E-state index contributed by atoms with van der Waals surface area (Å²) in [5.74, 6) is 0.872. The summed E-state index contributed by atoms with van der Waals surface area (Å²) in [5, 5.41) is 3.86. The summed E-state index contributed by atoms with van der Waals surface area (Å²) in [6.07, 6.45) is 6.92. The molecule has 1 saturated carbocycles. The Morgan fingerprint density at radius 3 is 2.63 bits per heavy atom. The van der Waals surface area contributed by atoms with Crippen LogP contribution in [0.15, 0.2) is 30.3 Å². The molecule has 1 aliphatic carbocycles. The van der Waals surface area contributed by atoms with Gasteiger partial charge in [-0.3, -0.25) is 0 Å². The second-order valence-electron chi connectivity index (χ2n) is 6.26. The molecule has 0 amide bonds. The molecule has 1 saturated heterocycles. The lowest BCUT2D eigenvalue weighted by atomic mass is 9.99. The van der Waals surface area contributed by atoms with Crippen molar-refractivity contribution in [2.45, 2.75) is 44.2 Å². The topological polar surface area (TPSA) is 15.3 Å². The minimum atomic E-state index is 0.580. The van der Waals surface area contributed by atoms with Crippen LogP contribution in [0.25, 0.3) is 0 Å². The molecule has 2 nitrogen and oxygen atoms in total. The molecule has 2 atom stereocenters. The van der Waals surface area contributed by atoms with Gasteiger partial charge in [0, 0.05) is 18.6 Å². The summed E-state index contributed by atoms with van der Waals surface area (Å²) in [6, 6.07) is 12.3. The minimum absolute atomic E-state index is 0.580. The van der Waals surface area contributed by atoms with Crippen molar-refractivity contribution < 1.29 is 0 Å². The van der Waals surface area contributed by atoms with Crippen molar-refractivity contribution in [3.8, 4) is 0 Å². The van der Waals surface area contributed by atoms with E-state index in [-0.39, 0.29) is 0 Å². The van der Waals surface area contributed by atoms with Gasteiger partial charge in [0.15, 0.2) is 0 Å². The van der Waals surface area contributed by atoms with Crippen LogP contribution in [0.5, 0.6) is 0 Å². The minimum Gasteiger partial charge on any atom is -0.308 e. The quantitative estimate of drug-likeness (QED) is 0.872. The average Bonchev–Trinajstić information content (AvgIpc) is 3.27. The van der Waals surface area contributed by atoms with E-state index < -0.39 is 0 Å². The third-order valence-corrected chi connectivity index (χ3v) is 4.75. The van der Waals surface area contributed by atoms with Crippen molar-refractivity contribution in [1.82, 2.24) is 10.2 Å². The van der Waals surface area contributed by atoms with E-state index in [1.165, 1.54) is 44.2 Å². The molecule has 2 unspecified atom stereocenters. The van der Waals surface area contributed by atoms with E-state index >= 15 is 0 Å². The van der Waals surface area contributed by atoms with Gasteiger partial charge in [-0.2, -0.15) is 0 Å². The molecule has 104 valence electrons. The first-order valence-electron chi connectivity index (χ1n) is 7.83. The van der Waals surface area contributed by atoms with E-state index in [2.05, 4.69) is 47.6 Å². The third kappa shape index (κ3) is 3.37. The first-order chi connectivity index (χ1) is 9.34. The fourth-order valence-corrected chi connectivity index (χ4v) is 3.31. The molecule has 0 radical (unpaired) electrons. The van der Waals surface area contributed by atoms with Crippen LogP contribution in [0, 0.1) is 5.92 Å². The third-order valence-electron chi connectivity index (χ3n) is 4.75. The van der Waals surface area contributed by atoms with Crippen molar-refractivity contribution in [1.29, 1.82) is 0 Å². The van der Waals surface area contributed by atoms with E-state index in [1.807, 2.05) is 0 Å². The molecule has 1 aliphatic heterocycles. The molecule has 2 fully saturated rings. The fraction of sp³-hybridized carbons (Fsp3) is 0.647. The lowest BCUT2D eigenvalue weighted by Crippen LogP contribution is -2.44. The SMILES string of the molecule is CN1CCCCC1CNC(c1ccccc1)C1CC1. The second kappa shape index (κ2) is 6.06. The van der Waals surface area contributed by atoms with Crippen LogP contribution < -0.4 is 5.32 Å². The lowest BCUT2D eigenvalue weighted by molar-refractivity contribution is 0.176. The predicted octanol–water partition coefficient (Wildman–Crippen LogP) is 3.21. The van der Waals surface area contributed by atoms with Crippen molar-refractivity contribution in [3.63, 3.8) is 0 Å². The Labute approximate surface area is 117 Å². The largest absolute Gasteiger partial charge is 0.308 e. The molecule has 0 aromatic heterocycles. The zero-order valence-corrected chi connectivity index (χ0v) is 12.0. The van der Waals surface area contributed by atoms with Gasteiger partial charge < -0.3 is 10.2 Å². The zero-order valence-electron chi connectivity index (χ0n) is 12.0. The van der Waals surface area contributed by atoms with E-state index in [1.54, 1.807) is 0 Å². The van der Waals surface area contributed by atoms with Gasteiger partial charge in [-0.25, -0.2) is 0 Å². The first kappa shape index (κ1) is 13.1. The normalized spacial score (nSPS) is 26.3. The summed E-state index contributed by atoms with van der Waals surface area (Å²) < 4.78 is 0. The smallest absolute Gasteiger partial charge is 0.0349 e. The van der Waals surface area contributed by atoms with Gasteiger partial charge in [0.25, 0.3) is 0 Å². The number of likely N-dealkylation sites (N-methyl/N-ethyl adjacent to an activating group) is 1. The molecule has 1 aromatic carbocycles. The molecule has 2 aliphatic rings. The van der Waals surface area contributed by atoms with Crippen LogP contribution in [0.4, 0.5) is 0 Å². The monoisotopic (exact) mass is 258 g/mol. The number of piperidine rings is 1. The summed E-state index contributed by atoms with van der Waals surface area (Å²) >= 11 is 0. The maximum absolute atomic E-state index is 3.86. The lowest BCUT2D eigenvalue weighted by Gasteiger charge is -2.34. The first-order valence-corrected chi connectivity index (χ1v) is 7.83. The molecule has 1 aromatic rings. The Hall–Kier alpha value is -0.860. The highest BCUT2D eigenvalue weighted by atomic mass is 15.2. The van der Waals surface area contributed by atoms with Crippen molar-refractivity contribution >= 4 is 0 Å². The highest BCUT2D eigenvalue weighted by Crippen LogP contribution is 2.41. The molecule has 2 heteroatoms. The summed E-state index contributed by atoms with van der Waals surface area (Å²) in [6.45, 7) is 2.42. The Balaban J connectivity index is 1.59. The molecule has 0 spiro atoms. The van der Waals surface area contributed by atoms with Crippen molar-refractivity contribution in [2.24, 2.45) is 5.92 Å². The molecule has 1 N–H and O–H groups in total. The van der Waals surface area contributed by atoms with E-state index in [4.69, 9.17) is 0 Å². The van der Waals surface area contributed by atoms with E-state index in [0.29, 0.717) is 6.04 Å². The summed E-state index contributed by atoms with van der Waals surface area (Å²) in [7, 11) is 2.28. The molecular weight excluding hydrogens is 232 g/mol. The standard InChI is InChI=1S/C17H26N2/c1-19-12-6-5-9-16(19)13-18-17(15-10-11-15)14-7-3-2-4-8-14/h2-4,7-8,15-18H,5-6,9-13H2,1H3. The van der Waals surface area contributed by atoms with Gasteiger partial charge in [-0.1, -0.05) is 36.8 Å². The Morgan fingerprint density at radius 2 is 1.95 bits per heavy atom. The van der Waals surface area contributed by atoms with Gasteiger partial charge in [-0.05, 0) is 50.8 Å². The Morgan fingerprint density at radius 1 is 1.16 bits per heavy atom. The van der Waals surface area contributed by atoms with Gasteiger partial charge in [0.2, 0.25) is 0 Å². The fourth-order valence-electron chi connectivity index (χ4n) is 3.31. The van der Waals surface area contributed by atoms with Crippen LogP contribution in [0.1, 0.15) is 43.7 Å². The van der Waals surface area contributed by atoms with Crippen LogP contribution in [0.2, 0.25) is 0 Å². The van der Waals surface area contributed by atoms with Crippen LogP contribution >= 0.6 is 0 Å². The number of likely N-dealkylation sites (tertiary alicyclic amines) is 1. The molecule has 3 rings (SSSR count). The van der Waals surface area contributed by atoms with Crippen LogP contribution in [-0.2, 0) is 0 Å². The molecule has 19 heavy (non-hydrogen) atoms. The number of rotatable bonds is 5. The van der Waals surface area contributed by atoms with Crippen LogP contribution in [-0.4, -0.2) is 31.1 Å². The Bertz CT molecular complexity index is 386. The van der Waals surface area contributed by atoms with E-state index in [0.717, 1.165) is 18.5 Å². The van der Waals surface area contributed by atoms with Gasteiger partial charge in [0.05, 0.1) is 0 Å².